The molecule has 1 saturated heterocycles. The molecular weight excluding hydrogens is 386 g/mol. The topological polar surface area (TPSA) is 96.0 Å². The van der Waals surface area contributed by atoms with Gasteiger partial charge in [0.05, 0.1) is 10.6 Å². The summed E-state index contributed by atoms with van der Waals surface area (Å²) in [6.45, 7) is 2.14. The van der Waals surface area contributed by atoms with E-state index in [0.29, 0.717) is 25.2 Å². The van der Waals surface area contributed by atoms with Gasteiger partial charge in [0.1, 0.15) is 11.5 Å². The van der Waals surface area contributed by atoms with Crippen LogP contribution in [-0.2, 0) is 11.2 Å². The number of anilines is 1. The monoisotopic (exact) mass is 409 g/mol. The lowest BCUT2D eigenvalue weighted by atomic mass is 9.98. The van der Waals surface area contributed by atoms with E-state index in [9.17, 15) is 9.59 Å². The van der Waals surface area contributed by atoms with Crippen LogP contribution in [0.15, 0.2) is 42.6 Å². The van der Waals surface area contributed by atoms with E-state index in [4.69, 9.17) is 0 Å². The lowest BCUT2D eigenvalue weighted by Crippen LogP contribution is -2.43. The molecule has 29 heavy (non-hydrogen) atoms. The summed E-state index contributed by atoms with van der Waals surface area (Å²) < 4.78 is 5.59. The SMILES string of the molecule is O=C(NC(=O)C1CCCNC1)c1ncccc1CCNc1nsc2ccccc12. The van der Waals surface area contributed by atoms with E-state index >= 15 is 0 Å². The number of nitrogens with one attached hydrogen (secondary N) is 3. The Labute approximate surface area is 173 Å². The third kappa shape index (κ3) is 4.60. The Morgan fingerprint density at radius 1 is 1.21 bits per heavy atom. The summed E-state index contributed by atoms with van der Waals surface area (Å²) in [5.41, 5.74) is 1.10. The second-order valence-electron chi connectivity index (χ2n) is 7.08. The number of hydrogen-bond acceptors (Lipinski definition) is 7. The van der Waals surface area contributed by atoms with Crippen LogP contribution in [0.3, 0.4) is 0 Å². The summed E-state index contributed by atoms with van der Waals surface area (Å²) in [6.07, 6.45) is 3.92. The Morgan fingerprint density at radius 3 is 2.97 bits per heavy atom. The van der Waals surface area contributed by atoms with Crippen LogP contribution in [0.1, 0.15) is 28.9 Å². The number of amides is 2. The fourth-order valence-electron chi connectivity index (χ4n) is 3.52. The number of carbonyl (C=O) groups excluding carboxylic acids is 2. The second-order valence-corrected chi connectivity index (χ2v) is 7.88. The van der Waals surface area contributed by atoms with E-state index in [-0.39, 0.29) is 11.8 Å². The molecule has 1 aromatic carbocycles. The van der Waals surface area contributed by atoms with Crippen molar-refractivity contribution in [1.82, 2.24) is 20.0 Å². The molecule has 0 spiro atoms. The van der Waals surface area contributed by atoms with Crippen LogP contribution in [0.25, 0.3) is 10.1 Å². The fraction of sp³-hybridized carbons (Fsp3) is 0.333. The van der Waals surface area contributed by atoms with Gasteiger partial charge < -0.3 is 10.6 Å². The molecule has 1 aliphatic heterocycles. The summed E-state index contributed by atoms with van der Waals surface area (Å²) in [5.74, 6) is 0.0149. The summed E-state index contributed by atoms with van der Waals surface area (Å²) in [7, 11) is 0. The molecule has 1 unspecified atom stereocenters. The van der Waals surface area contributed by atoms with Gasteiger partial charge in [-0.05, 0) is 61.1 Å². The van der Waals surface area contributed by atoms with Crippen LogP contribution in [0.5, 0.6) is 0 Å². The molecule has 0 aliphatic carbocycles. The number of nitrogens with zero attached hydrogens (tertiary/aromatic N) is 2. The maximum Gasteiger partial charge on any atom is 0.276 e. The Bertz CT molecular complexity index is 1010. The Balaban J connectivity index is 1.38. The molecule has 1 aliphatic rings. The zero-order chi connectivity index (χ0) is 20.1. The summed E-state index contributed by atoms with van der Waals surface area (Å²) in [5, 5.41) is 10.1. The van der Waals surface area contributed by atoms with Crippen LogP contribution >= 0.6 is 11.5 Å². The van der Waals surface area contributed by atoms with Gasteiger partial charge in [0.2, 0.25) is 5.91 Å². The van der Waals surface area contributed by atoms with Crippen molar-refractivity contribution in [3.8, 4) is 0 Å². The lowest BCUT2D eigenvalue weighted by molar-refractivity contribution is -0.124. The van der Waals surface area contributed by atoms with Gasteiger partial charge in [-0.1, -0.05) is 18.2 Å². The average molecular weight is 410 g/mol. The predicted octanol–water partition coefficient (Wildman–Crippen LogP) is 2.60. The first kappa shape index (κ1) is 19.5. The van der Waals surface area contributed by atoms with Crippen LogP contribution in [0.4, 0.5) is 5.82 Å². The number of imide groups is 1. The van der Waals surface area contributed by atoms with E-state index in [1.165, 1.54) is 11.5 Å². The molecule has 3 aromatic rings. The molecule has 1 atom stereocenters. The van der Waals surface area contributed by atoms with Crippen molar-refractivity contribution in [2.24, 2.45) is 5.92 Å². The average Bonchev–Trinajstić information content (AvgIpc) is 3.18. The van der Waals surface area contributed by atoms with Gasteiger partial charge in [0.25, 0.3) is 5.91 Å². The number of fused-ring (bicyclic) bond motifs is 1. The van der Waals surface area contributed by atoms with Crippen molar-refractivity contribution in [1.29, 1.82) is 0 Å². The van der Waals surface area contributed by atoms with E-state index in [1.54, 1.807) is 12.3 Å². The fourth-order valence-corrected chi connectivity index (χ4v) is 4.28. The number of aromatic nitrogens is 2. The Morgan fingerprint density at radius 2 is 2.10 bits per heavy atom. The molecule has 2 amide bonds. The van der Waals surface area contributed by atoms with Crippen LogP contribution in [0, 0.1) is 5.92 Å². The van der Waals surface area contributed by atoms with Crippen molar-refractivity contribution in [3.63, 3.8) is 0 Å². The number of piperidine rings is 1. The van der Waals surface area contributed by atoms with Crippen molar-refractivity contribution in [3.05, 3.63) is 53.9 Å². The zero-order valence-corrected chi connectivity index (χ0v) is 16.8. The van der Waals surface area contributed by atoms with Crippen molar-refractivity contribution in [2.45, 2.75) is 19.3 Å². The molecule has 0 radical (unpaired) electrons. The highest BCUT2D eigenvalue weighted by molar-refractivity contribution is 7.13. The van der Waals surface area contributed by atoms with Gasteiger partial charge in [-0.3, -0.25) is 19.9 Å². The minimum atomic E-state index is -0.435. The molecule has 7 nitrogen and oxygen atoms in total. The molecule has 3 N–H and O–H groups in total. The molecule has 2 aromatic heterocycles. The summed E-state index contributed by atoms with van der Waals surface area (Å²) in [6, 6.07) is 11.7. The third-order valence-electron chi connectivity index (χ3n) is 5.07. The molecule has 0 saturated carbocycles. The van der Waals surface area contributed by atoms with Crippen LogP contribution in [-0.4, -0.2) is 40.8 Å². The van der Waals surface area contributed by atoms with Crippen molar-refractivity contribution < 1.29 is 9.59 Å². The second kappa shape index (κ2) is 9.11. The highest BCUT2D eigenvalue weighted by atomic mass is 32.1. The first-order valence-corrected chi connectivity index (χ1v) is 10.6. The lowest BCUT2D eigenvalue weighted by Gasteiger charge is -2.21. The number of hydrogen-bond donors (Lipinski definition) is 3. The number of rotatable bonds is 6. The molecule has 1 fully saturated rings. The summed E-state index contributed by atoms with van der Waals surface area (Å²) >= 11 is 1.46. The molecular formula is C21H23N5O2S. The molecule has 8 heteroatoms. The van der Waals surface area contributed by atoms with Crippen molar-refractivity contribution in [2.75, 3.05) is 25.0 Å². The molecule has 4 rings (SSSR count). The Hall–Kier alpha value is -2.84. The first-order chi connectivity index (χ1) is 14.2. The quantitative estimate of drug-likeness (QED) is 0.542. The maximum absolute atomic E-state index is 12.6. The van der Waals surface area contributed by atoms with E-state index in [1.807, 2.05) is 30.3 Å². The number of pyridine rings is 1. The zero-order valence-electron chi connectivity index (χ0n) is 16.0. The molecule has 150 valence electrons. The van der Waals surface area contributed by atoms with Gasteiger partial charge >= 0.3 is 0 Å². The third-order valence-corrected chi connectivity index (χ3v) is 5.90. The van der Waals surface area contributed by atoms with Crippen LogP contribution in [0.2, 0.25) is 0 Å². The minimum Gasteiger partial charge on any atom is -0.368 e. The van der Waals surface area contributed by atoms with Gasteiger partial charge in [0, 0.05) is 24.7 Å². The van der Waals surface area contributed by atoms with Crippen LogP contribution < -0.4 is 16.0 Å². The highest BCUT2D eigenvalue weighted by Gasteiger charge is 2.24. The smallest absolute Gasteiger partial charge is 0.276 e. The van der Waals surface area contributed by atoms with Gasteiger partial charge in [-0.25, -0.2) is 0 Å². The molecule has 0 bridgehead atoms. The first-order valence-electron chi connectivity index (χ1n) is 9.80. The summed E-state index contributed by atoms with van der Waals surface area (Å²) in [4.78, 5) is 29.2. The number of carbonyl (C=O) groups is 2. The van der Waals surface area contributed by atoms with Gasteiger partial charge in [-0.2, -0.15) is 4.37 Å². The number of benzene rings is 1. The van der Waals surface area contributed by atoms with Gasteiger partial charge in [-0.15, -0.1) is 0 Å². The van der Waals surface area contributed by atoms with E-state index < -0.39 is 5.91 Å². The standard InChI is InChI=1S/C21H23N5O2S/c27-20(15-6-3-10-22-13-15)25-21(28)18-14(5-4-11-23-18)9-12-24-19-16-7-1-2-8-17(16)29-26-19/h1-2,4-5,7-8,11,15,22H,3,6,9-10,12-13H2,(H,24,26)(H,25,27,28). The minimum absolute atomic E-state index is 0.167. The predicted molar refractivity (Wildman–Crippen MR) is 114 cm³/mol. The Kier molecular flexibility index (Phi) is 6.12. The maximum atomic E-state index is 12.6. The normalized spacial score (nSPS) is 16.5. The van der Waals surface area contributed by atoms with Crippen molar-refractivity contribution >= 4 is 39.3 Å². The highest BCUT2D eigenvalue weighted by Crippen LogP contribution is 2.26. The largest absolute Gasteiger partial charge is 0.368 e. The molecule has 3 heterocycles. The van der Waals surface area contributed by atoms with E-state index in [2.05, 4.69) is 25.3 Å². The van der Waals surface area contributed by atoms with Gasteiger partial charge in [0.15, 0.2) is 0 Å². The van der Waals surface area contributed by atoms with E-state index in [0.717, 1.165) is 40.9 Å².